The SMILES string of the molecule is CCCCC1(c2ccc(F)cc2)NC(=O)N(CC(=O)Nc2c(C(C)C)cccc2C(C)C)C1=O. The molecule has 1 atom stereocenters. The van der Waals surface area contributed by atoms with E-state index in [0.29, 0.717) is 18.4 Å². The van der Waals surface area contributed by atoms with Gasteiger partial charge in [0, 0.05) is 5.69 Å². The number of carbonyl (C=O) groups is 3. The summed E-state index contributed by atoms with van der Waals surface area (Å²) in [7, 11) is 0. The summed E-state index contributed by atoms with van der Waals surface area (Å²) in [5, 5.41) is 5.77. The van der Waals surface area contributed by atoms with Crippen molar-refractivity contribution in [2.24, 2.45) is 0 Å². The quantitative estimate of drug-likeness (QED) is 0.468. The highest BCUT2D eigenvalue weighted by Gasteiger charge is 2.52. The third-order valence-corrected chi connectivity index (χ3v) is 6.36. The first-order chi connectivity index (χ1) is 16.1. The fourth-order valence-electron chi connectivity index (χ4n) is 4.47. The lowest BCUT2D eigenvalue weighted by Gasteiger charge is -2.27. The second-order valence-electron chi connectivity index (χ2n) is 9.51. The number of anilines is 1. The number of nitrogens with zero attached hydrogens (tertiary/aromatic N) is 1. The summed E-state index contributed by atoms with van der Waals surface area (Å²) in [5.41, 5.74) is 1.94. The van der Waals surface area contributed by atoms with E-state index in [9.17, 15) is 18.8 Å². The van der Waals surface area contributed by atoms with Gasteiger partial charge < -0.3 is 10.6 Å². The van der Waals surface area contributed by atoms with Gasteiger partial charge in [-0.1, -0.05) is 77.8 Å². The molecule has 1 fully saturated rings. The molecule has 6 nitrogen and oxygen atoms in total. The Bertz CT molecular complexity index is 1040. The van der Waals surface area contributed by atoms with Gasteiger partial charge in [0.25, 0.3) is 5.91 Å². The van der Waals surface area contributed by atoms with Crippen molar-refractivity contribution in [2.45, 2.75) is 71.3 Å². The molecule has 0 radical (unpaired) electrons. The Labute approximate surface area is 200 Å². The number of carbonyl (C=O) groups excluding carboxylic acids is 3. The Balaban J connectivity index is 1.88. The van der Waals surface area contributed by atoms with Crippen LogP contribution in [0.25, 0.3) is 0 Å². The van der Waals surface area contributed by atoms with Crippen LogP contribution >= 0.6 is 0 Å². The first-order valence-electron chi connectivity index (χ1n) is 11.9. The second-order valence-corrected chi connectivity index (χ2v) is 9.51. The molecule has 2 aromatic rings. The number of amides is 4. The average Bonchev–Trinajstić information content (AvgIpc) is 3.03. The Morgan fingerprint density at radius 2 is 1.62 bits per heavy atom. The lowest BCUT2D eigenvalue weighted by molar-refractivity contribution is -0.134. The maximum absolute atomic E-state index is 13.5. The predicted molar refractivity (Wildman–Crippen MR) is 131 cm³/mol. The molecular formula is C27H34FN3O3. The fraction of sp³-hybridized carbons (Fsp3) is 0.444. The third kappa shape index (κ3) is 4.98. The van der Waals surface area contributed by atoms with Crippen LogP contribution in [0, 0.1) is 5.82 Å². The standard InChI is InChI=1S/C27H34FN3O3/c1-6-7-15-27(19-11-13-20(28)14-12-19)25(33)31(26(34)30-27)16-23(32)29-24-21(17(2)3)9-8-10-22(24)18(4)5/h8-14,17-18H,6-7,15-16H2,1-5H3,(H,29,32)(H,30,34). The zero-order valence-electron chi connectivity index (χ0n) is 20.6. The third-order valence-electron chi connectivity index (χ3n) is 6.36. The molecule has 2 aromatic carbocycles. The molecule has 7 heteroatoms. The maximum atomic E-state index is 13.5. The minimum absolute atomic E-state index is 0.186. The number of unbranched alkanes of at least 4 members (excludes halogenated alkanes) is 1. The van der Waals surface area contributed by atoms with Crippen molar-refractivity contribution in [2.75, 3.05) is 11.9 Å². The van der Waals surface area contributed by atoms with E-state index in [1.165, 1.54) is 24.3 Å². The highest BCUT2D eigenvalue weighted by Crippen LogP contribution is 2.35. The molecule has 1 saturated heterocycles. The van der Waals surface area contributed by atoms with Crippen LogP contribution in [-0.2, 0) is 15.1 Å². The number of rotatable bonds is 9. The fourth-order valence-corrected chi connectivity index (χ4v) is 4.47. The Morgan fingerprint density at radius 3 is 2.15 bits per heavy atom. The van der Waals surface area contributed by atoms with Crippen LogP contribution < -0.4 is 10.6 Å². The van der Waals surface area contributed by atoms with Gasteiger partial charge in [-0.05, 0) is 47.1 Å². The topological polar surface area (TPSA) is 78.5 Å². The minimum atomic E-state index is -1.31. The molecule has 1 aliphatic rings. The highest BCUT2D eigenvalue weighted by molar-refractivity contribution is 6.10. The molecule has 1 heterocycles. The smallest absolute Gasteiger partial charge is 0.324 e. The van der Waals surface area contributed by atoms with Gasteiger partial charge in [0.1, 0.15) is 17.9 Å². The second kappa shape index (κ2) is 10.4. The Morgan fingerprint density at radius 1 is 1.03 bits per heavy atom. The maximum Gasteiger partial charge on any atom is 0.325 e. The van der Waals surface area contributed by atoms with Gasteiger partial charge in [-0.25, -0.2) is 9.18 Å². The van der Waals surface area contributed by atoms with Gasteiger partial charge in [-0.15, -0.1) is 0 Å². The monoisotopic (exact) mass is 467 g/mol. The number of hydrogen-bond donors (Lipinski definition) is 2. The van der Waals surface area contributed by atoms with E-state index in [1.807, 2.05) is 25.1 Å². The van der Waals surface area contributed by atoms with E-state index in [0.717, 1.165) is 28.1 Å². The number of nitrogens with one attached hydrogen (secondary N) is 2. The average molecular weight is 468 g/mol. The van der Waals surface area contributed by atoms with Gasteiger partial charge in [0.05, 0.1) is 0 Å². The summed E-state index contributed by atoms with van der Waals surface area (Å²) in [6.07, 6.45) is 1.87. The van der Waals surface area contributed by atoms with Crippen molar-refractivity contribution in [1.29, 1.82) is 0 Å². The lowest BCUT2D eigenvalue weighted by Crippen LogP contribution is -2.44. The first kappa shape index (κ1) is 25.4. The lowest BCUT2D eigenvalue weighted by atomic mass is 9.85. The molecule has 0 aromatic heterocycles. The summed E-state index contributed by atoms with van der Waals surface area (Å²) in [5.74, 6) is -0.984. The van der Waals surface area contributed by atoms with Crippen LogP contribution in [0.3, 0.4) is 0 Å². The van der Waals surface area contributed by atoms with Crippen molar-refractivity contribution in [3.63, 3.8) is 0 Å². The molecule has 4 amide bonds. The normalized spacial score (nSPS) is 18.1. The van der Waals surface area contributed by atoms with E-state index >= 15 is 0 Å². The molecular weight excluding hydrogens is 433 g/mol. The number of hydrogen-bond acceptors (Lipinski definition) is 3. The van der Waals surface area contributed by atoms with E-state index in [1.54, 1.807) is 0 Å². The largest absolute Gasteiger partial charge is 0.325 e. The van der Waals surface area contributed by atoms with Crippen LogP contribution in [0.5, 0.6) is 0 Å². The summed E-state index contributed by atoms with van der Waals surface area (Å²) >= 11 is 0. The summed E-state index contributed by atoms with van der Waals surface area (Å²) in [6, 6.07) is 10.9. The zero-order chi connectivity index (χ0) is 25.0. The molecule has 0 aliphatic carbocycles. The Hall–Kier alpha value is -3.22. The van der Waals surface area contributed by atoms with Crippen LogP contribution in [-0.4, -0.2) is 29.3 Å². The molecule has 0 saturated carbocycles. The summed E-state index contributed by atoms with van der Waals surface area (Å²) in [4.78, 5) is 40.5. The van der Waals surface area contributed by atoms with Gasteiger partial charge in [0.15, 0.2) is 0 Å². The number of imide groups is 1. The summed E-state index contributed by atoms with van der Waals surface area (Å²) < 4.78 is 13.5. The molecule has 1 unspecified atom stereocenters. The van der Waals surface area contributed by atoms with E-state index in [2.05, 4.69) is 38.3 Å². The van der Waals surface area contributed by atoms with E-state index in [-0.39, 0.29) is 11.8 Å². The molecule has 182 valence electrons. The molecule has 3 rings (SSSR count). The number of para-hydroxylation sites is 1. The van der Waals surface area contributed by atoms with Crippen molar-refractivity contribution in [1.82, 2.24) is 10.2 Å². The van der Waals surface area contributed by atoms with Crippen LogP contribution in [0.1, 0.15) is 82.4 Å². The van der Waals surface area contributed by atoms with Gasteiger partial charge in [0.2, 0.25) is 5.91 Å². The van der Waals surface area contributed by atoms with Crippen LogP contribution in [0.15, 0.2) is 42.5 Å². The molecule has 2 N–H and O–H groups in total. The van der Waals surface area contributed by atoms with Crippen molar-refractivity contribution in [3.8, 4) is 0 Å². The molecule has 34 heavy (non-hydrogen) atoms. The highest BCUT2D eigenvalue weighted by atomic mass is 19.1. The molecule has 1 aliphatic heterocycles. The summed E-state index contributed by atoms with van der Waals surface area (Å²) in [6.45, 7) is 9.80. The zero-order valence-corrected chi connectivity index (χ0v) is 20.6. The van der Waals surface area contributed by atoms with Gasteiger partial charge in [-0.3, -0.25) is 14.5 Å². The first-order valence-corrected chi connectivity index (χ1v) is 11.9. The number of halogens is 1. The van der Waals surface area contributed by atoms with Crippen molar-refractivity contribution >= 4 is 23.5 Å². The number of urea groups is 1. The van der Waals surface area contributed by atoms with Crippen molar-refractivity contribution in [3.05, 3.63) is 65.0 Å². The van der Waals surface area contributed by atoms with Gasteiger partial charge >= 0.3 is 6.03 Å². The van der Waals surface area contributed by atoms with Crippen LogP contribution in [0.4, 0.5) is 14.9 Å². The molecule has 0 spiro atoms. The Kier molecular flexibility index (Phi) is 7.75. The minimum Gasteiger partial charge on any atom is -0.324 e. The van der Waals surface area contributed by atoms with Gasteiger partial charge in [-0.2, -0.15) is 0 Å². The molecule has 0 bridgehead atoms. The van der Waals surface area contributed by atoms with E-state index < -0.39 is 35.7 Å². The van der Waals surface area contributed by atoms with Crippen LogP contribution in [0.2, 0.25) is 0 Å². The van der Waals surface area contributed by atoms with E-state index in [4.69, 9.17) is 0 Å². The predicted octanol–water partition coefficient (Wildman–Crippen LogP) is 5.65. The number of benzene rings is 2. The van der Waals surface area contributed by atoms with Crippen molar-refractivity contribution < 1.29 is 18.8 Å².